The van der Waals surface area contributed by atoms with Crippen molar-refractivity contribution in [3.8, 4) is 11.1 Å². The monoisotopic (exact) mass is 440 g/mol. The third kappa shape index (κ3) is 5.42. The number of nitrogens with one attached hydrogen (secondary N) is 3. The number of alkyl halides is 3. The number of benzene rings is 2. The fourth-order valence-electron chi connectivity index (χ4n) is 3.03. The van der Waals surface area contributed by atoms with Gasteiger partial charge in [-0.2, -0.15) is 13.2 Å². The maximum Gasteiger partial charge on any atom is 0.416 e. The molecule has 1 saturated carbocycles. The Kier molecular flexibility index (Phi) is 5.81. The van der Waals surface area contributed by atoms with Gasteiger partial charge in [0, 0.05) is 29.1 Å². The Hall–Kier alpha value is -3.88. The van der Waals surface area contributed by atoms with Gasteiger partial charge >= 0.3 is 12.2 Å². The third-order valence-electron chi connectivity index (χ3n) is 4.89. The SMILES string of the molecule is O=C(Nc1ccc(-c2ccc(NC(=O)C3CC3)nc2)cc1)Nc1cccc(C(F)(F)F)c1. The molecule has 4 rings (SSSR count). The molecular formula is C23H19F3N4O2. The highest BCUT2D eigenvalue weighted by molar-refractivity contribution is 6.00. The second kappa shape index (κ2) is 8.70. The van der Waals surface area contributed by atoms with Crippen LogP contribution in [-0.4, -0.2) is 16.9 Å². The fourth-order valence-corrected chi connectivity index (χ4v) is 3.03. The first-order valence-electron chi connectivity index (χ1n) is 9.90. The number of rotatable bonds is 5. The number of pyridine rings is 1. The molecule has 1 aliphatic carbocycles. The molecule has 2 aromatic carbocycles. The summed E-state index contributed by atoms with van der Waals surface area (Å²) in [6.07, 6.45) is -1.00. The van der Waals surface area contributed by atoms with Gasteiger partial charge in [0.1, 0.15) is 5.82 Å². The van der Waals surface area contributed by atoms with Crippen molar-refractivity contribution in [2.24, 2.45) is 5.92 Å². The highest BCUT2D eigenvalue weighted by Gasteiger charge is 2.30. The van der Waals surface area contributed by atoms with Crippen LogP contribution in [0, 0.1) is 5.92 Å². The number of carbonyl (C=O) groups excluding carboxylic acids is 2. The van der Waals surface area contributed by atoms with Crippen LogP contribution in [0.1, 0.15) is 18.4 Å². The van der Waals surface area contributed by atoms with Gasteiger partial charge < -0.3 is 16.0 Å². The molecule has 1 fully saturated rings. The van der Waals surface area contributed by atoms with Crippen LogP contribution in [0.2, 0.25) is 0 Å². The average molecular weight is 440 g/mol. The van der Waals surface area contributed by atoms with Gasteiger partial charge in [-0.05, 0) is 60.9 Å². The lowest BCUT2D eigenvalue weighted by atomic mass is 10.1. The van der Waals surface area contributed by atoms with Crippen molar-refractivity contribution in [1.82, 2.24) is 4.98 Å². The summed E-state index contributed by atoms with van der Waals surface area (Å²) in [5, 5.41) is 7.75. The van der Waals surface area contributed by atoms with E-state index in [1.54, 1.807) is 36.5 Å². The molecular weight excluding hydrogens is 421 g/mol. The van der Waals surface area contributed by atoms with E-state index in [9.17, 15) is 22.8 Å². The number of nitrogens with zero attached hydrogens (tertiary/aromatic N) is 1. The summed E-state index contributed by atoms with van der Waals surface area (Å²) < 4.78 is 38.4. The predicted octanol–water partition coefficient (Wildman–Crippen LogP) is 5.76. The van der Waals surface area contributed by atoms with Crippen LogP contribution < -0.4 is 16.0 Å². The molecule has 0 atom stereocenters. The molecule has 0 saturated heterocycles. The van der Waals surface area contributed by atoms with E-state index >= 15 is 0 Å². The zero-order chi connectivity index (χ0) is 22.7. The summed E-state index contributed by atoms with van der Waals surface area (Å²) in [6, 6.07) is 14.2. The molecule has 0 aliphatic heterocycles. The zero-order valence-electron chi connectivity index (χ0n) is 16.7. The van der Waals surface area contributed by atoms with Gasteiger partial charge in [-0.1, -0.05) is 18.2 Å². The van der Waals surface area contributed by atoms with Crippen molar-refractivity contribution >= 4 is 29.1 Å². The van der Waals surface area contributed by atoms with Crippen molar-refractivity contribution in [1.29, 1.82) is 0 Å². The van der Waals surface area contributed by atoms with Crippen molar-refractivity contribution in [3.63, 3.8) is 0 Å². The minimum Gasteiger partial charge on any atom is -0.310 e. The van der Waals surface area contributed by atoms with E-state index in [0.717, 1.165) is 36.1 Å². The second-order valence-electron chi connectivity index (χ2n) is 7.43. The normalized spacial score (nSPS) is 13.3. The minimum absolute atomic E-state index is 0.0101. The first kappa shape index (κ1) is 21.4. The molecule has 1 aromatic heterocycles. The summed E-state index contributed by atoms with van der Waals surface area (Å²) in [5.41, 5.74) is 1.34. The Labute approximate surface area is 181 Å². The van der Waals surface area contributed by atoms with Gasteiger partial charge in [0.15, 0.2) is 0 Å². The first-order valence-corrected chi connectivity index (χ1v) is 9.90. The summed E-state index contributed by atoms with van der Waals surface area (Å²) in [6.45, 7) is 0. The quantitative estimate of drug-likeness (QED) is 0.472. The number of amides is 3. The van der Waals surface area contributed by atoms with E-state index in [2.05, 4.69) is 20.9 Å². The van der Waals surface area contributed by atoms with Crippen molar-refractivity contribution < 1.29 is 22.8 Å². The van der Waals surface area contributed by atoms with Crippen LogP contribution >= 0.6 is 0 Å². The van der Waals surface area contributed by atoms with E-state index in [1.807, 2.05) is 6.07 Å². The number of urea groups is 1. The molecule has 3 aromatic rings. The zero-order valence-corrected chi connectivity index (χ0v) is 16.7. The maximum atomic E-state index is 12.8. The van der Waals surface area contributed by atoms with E-state index in [1.165, 1.54) is 12.1 Å². The van der Waals surface area contributed by atoms with Gasteiger partial charge in [0.05, 0.1) is 5.56 Å². The molecule has 0 spiro atoms. The van der Waals surface area contributed by atoms with Crippen LogP contribution in [0.3, 0.4) is 0 Å². The highest BCUT2D eigenvalue weighted by Crippen LogP contribution is 2.31. The molecule has 1 aliphatic rings. The lowest BCUT2D eigenvalue weighted by Gasteiger charge is -2.11. The number of hydrogen-bond donors (Lipinski definition) is 3. The van der Waals surface area contributed by atoms with Crippen molar-refractivity contribution in [3.05, 3.63) is 72.4 Å². The van der Waals surface area contributed by atoms with Gasteiger partial charge in [0.2, 0.25) is 5.91 Å². The number of anilines is 3. The number of halogens is 3. The van der Waals surface area contributed by atoms with Crippen LogP contribution in [0.4, 0.5) is 35.2 Å². The lowest BCUT2D eigenvalue weighted by Crippen LogP contribution is -2.19. The van der Waals surface area contributed by atoms with Crippen LogP contribution in [0.5, 0.6) is 0 Å². The molecule has 0 radical (unpaired) electrons. The summed E-state index contributed by atoms with van der Waals surface area (Å²) >= 11 is 0. The van der Waals surface area contributed by atoms with Gasteiger partial charge in [-0.25, -0.2) is 9.78 Å². The largest absolute Gasteiger partial charge is 0.416 e. The Balaban J connectivity index is 1.35. The summed E-state index contributed by atoms with van der Waals surface area (Å²) in [5.74, 6) is 0.585. The standard InChI is InChI=1S/C23H19F3N4O2/c24-23(25,26)17-2-1-3-19(12-17)29-22(32)28-18-9-6-14(7-10-18)16-8-11-20(27-13-16)30-21(31)15-4-5-15/h1-3,6-13,15H,4-5H2,(H,27,30,31)(H2,28,29,32). The molecule has 0 bridgehead atoms. The second-order valence-corrected chi connectivity index (χ2v) is 7.43. The molecule has 3 N–H and O–H groups in total. The molecule has 32 heavy (non-hydrogen) atoms. The molecule has 1 heterocycles. The first-order chi connectivity index (χ1) is 15.3. The van der Waals surface area contributed by atoms with Gasteiger partial charge in [0.25, 0.3) is 0 Å². The fraction of sp³-hybridized carbons (Fsp3) is 0.174. The Bertz CT molecular complexity index is 1130. The average Bonchev–Trinajstić information content (AvgIpc) is 3.60. The molecule has 9 heteroatoms. The summed E-state index contributed by atoms with van der Waals surface area (Å²) in [7, 11) is 0. The molecule has 0 unspecified atom stereocenters. The van der Waals surface area contributed by atoms with E-state index in [4.69, 9.17) is 0 Å². The Morgan fingerprint density at radius 2 is 1.53 bits per heavy atom. The third-order valence-corrected chi connectivity index (χ3v) is 4.89. The predicted molar refractivity (Wildman–Crippen MR) is 115 cm³/mol. The molecule has 6 nitrogen and oxygen atoms in total. The molecule has 3 amide bonds. The smallest absolute Gasteiger partial charge is 0.310 e. The lowest BCUT2D eigenvalue weighted by molar-refractivity contribution is -0.137. The number of carbonyl (C=O) groups is 2. The van der Waals surface area contributed by atoms with Crippen LogP contribution in [-0.2, 0) is 11.0 Å². The minimum atomic E-state index is -4.49. The number of hydrogen-bond acceptors (Lipinski definition) is 3. The number of aromatic nitrogens is 1. The Morgan fingerprint density at radius 1 is 0.844 bits per heavy atom. The van der Waals surface area contributed by atoms with Crippen molar-refractivity contribution in [2.75, 3.05) is 16.0 Å². The van der Waals surface area contributed by atoms with Gasteiger partial charge in [-0.15, -0.1) is 0 Å². The van der Waals surface area contributed by atoms with E-state index in [0.29, 0.717) is 11.5 Å². The van der Waals surface area contributed by atoms with Crippen molar-refractivity contribution in [2.45, 2.75) is 19.0 Å². The topological polar surface area (TPSA) is 83.1 Å². The summed E-state index contributed by atoms with van der Waals surface area (Å²) in [4.78, 5) is 28.2. The van der Waals surface area contributed by atoms with Crippen LogP contribution in [0.25, 0.3) is 11.1 Å². The Morgan fingerprint density at radius 3 is 2.16 bits per heavy atom. The molecule has 164 valence electrons. The van der Waals surface area contributed by atoms with E-state index < -0.39 is 17.8 Å². The van der Waals surface area contributed by atoms with E-state index in [-0.39, 0.29) is 17.5 Å². The highest BCUT2D eigenvalue weighted by atomic mass is 19.4. The van der Waals surface area contributed by atoms with Crippen LogP contribution in [0.15, 0.2) is 66.9 Å². The van der Waals surface area contributed by atoms with Gasteiger partial charge in [-0.3, -0.25) is 4.79 Å². The maximum absolute atomic E-state index is 12.8.